The monoisotopic (exact) mass is 401 g/mol. The van der Waals surface area contributed by atoms with Crippen molar-refractivity contribution in [1.29, 1.82) is 0 Å². The standard InChI is InChI=1S/C16H20ClN3O3S2/c17-15-5-6-16(24-15)25(21,22)20-9-7-19(8-10-20)11-13-12-3-1-2-4-14(12)23-18-13/h5-6H,1-4,7-11H2. The van der Waals surface area contributed by atoms with Gasteiger partial charge < -0.3 is 4.52 Å². The number of sulfonamides is 1. The van der Waals surface area contributed by atoms with Crippen LogP contribution in [0.3, 0.4) is 0 Å². The van der Waals surface area contributed by atoms with Crippen LogP contribution in [0.15, 0.2) is 20.9 Å². The summed E-state index contributed by atoms with van der Waals surface area (Å²) in [5, 5.41) is 4.25. The van der Waals surface area contributed by atoms with E-state index in [4.69, 9.17) is 16.1 Å². The van der Waals surface area contributed by atoms with Crippen molar-refractivity contribution < 1.29 is 12.9 Å². The van der Waals surface area contributed by atoms with E-state index in [2.05, 4.69) is 10.1 Å². The molecule has 3 heterocycles. The van der Waals surface area contributed by atoms with Gasteiger partial charge in [-0.25, -0.2) is 8.42 Å². The maximum atomic E-state index is 12.6. The molecule has 0 saturated carbocycles. The number of hydrogen-bond donors (Lipinski definition) is 0. The first-order valence-electron chi connectivity index (χ1n) is 8.48. The molecule has 2 aromatic heterocycles. The number of aryl methyl sites for hydroxylation is 1. The van der Waals surface area contributed by atoms with Gasteiger partial charge in [0.15, 0.2) is 0 Å². The first-order valence-corrected chi connectivity index (χ1v) is 11.1. The second-order valence-corrected chi connectivity index (χ2v) is 10.4. The predicted molar refractivity (Wildman–Crippen MR) is 96.5 cm³/mol. The maximum absolute atomic E-state index is 12.6. The van der Waals surface area contributed by atoms with Crippen molar-refractivity contribution in [2.45, 2.75) is 36.4 Å². The van der Waals surface area contributed by atoms with Gasteiger partial charge in [-0.1, -0.05) is 16.8 Å². The zero-order valence-corrected chi connectivity index (χ0v) is 16.2. The number of thiophene rings is 1. The number of rotatable bonds is 4. The van der Waals surface area contributed by atoms with E-state index in [1.165, 1.54) is 18.4 Å². The Kier molecular flexibility index (Phi) is 4.89. The molecule has 1 saturated heterocycles. The molecule has 0 atom stereocenters. The van der Waals surface area contributed by atoms with Gasteiger partial charge in [0.25, 0.3) is 10.0 Å². The van der Waals surface area contributed by atoms with Gasteiger partial charge >= 0.3 is 0 Å². The van der Waals surface area contributed by atoms with Crippen molar-refractivity contribution in [2.75, 3.05) is 26.2 Å². The Morgan fingerprint density at radius 1 is 1.16 bits per heavy atom. The number of fused-ring (bicyclic) bond motifs is 1. The number of halogens is 1. The molecule has 1 aliphatic carbocycles. The van der Waals surface area contributed by atoms with E-state index in [1.54, 1.807) is 16.4 Å². The number of aromatic nitrogens is 1. The van der Waals surface area contributed by atoms with E-state index >= 15 is 0 Å². The maximum Gasteiger partial charge on any atom is 0.252 e. The molecule has 1 aliphatic heterocycles. The molecule has 0 aromatic carbocycles. The average molecular weight is 402 g/mol. The third kappa shape index (κ3) is 3.50. The summed E-state index contributed by atoms with van der Waals surface area (Å²) in [5.74, 6) is 1.04. The summed E-state index contributed by atoms with van der Waals surface area (Å²) in [6.45, 7) is 3.09. The molecular weight excluding hydrogens is 382 g/mol. The average Bonchev–Trinajstić information content (AvgIpc) is 3.23. The van der Waals surface area contributed by atoms with Crippen molar-refractivity contribution in [3.05, 3.63) is 33.5 Å². The molecule has 6 nitrogen and oxygen atoms in total. The van der Waals surface area contributed by atoms with Crippen molar-refractivity contribution in [3.63, 3.8) is 0 Å². The minimum Gasteiger partial charge on any atom is -0.361 e. The molecule has 0 spiro atoms. The highest BCUT2D eigenvalue weighted by Gasteiger charge is 2.30. The number of piperazine rings is 1. The Morgan fingerprint density at radius 2 is 1.92 bits per heavy atom. The van der Waals surface area contributed by atoms with Crippen molar-refractivity contribution in [2.24, 2.45) is 0 Å². The van der Waals surface area contributed by atoms with E-state index in [0.717, 1.165) is 42.2 Å². The Morgan fingerprint density at radius 3 is 2.64 bits per heavy atom. The van der Waals surface area contributed by atoms with E-state index in [0.29, 0.717) is 34.7 Å². The van der Waals surface area contributed by atoms with E-state index < -0.39 is 10.0 Å². The van der Waals surface area contributed by atoms with Crippen LogP contribution in [0.25, 0.3) is 0 Å². The van der Waals surface area contributed by atoms with Crippen LogP contribution in [0.2, 0.25) is 4.34 Å². The lowest BCUT2D eigenvalue weighted by molar-refractivity contribution is 0.177. The second-order valence-electron chi connectivity index (χ2n) is 6.48. The number of nitrogens with zero attached hydrogens (tertiary/aromatic N) is 3. The third-order valence-electron chi connectivity index (χ3n) is 4.88. The molecule has 0 unspecified atom stereocenters. The lowest BCUT2D eigenvalue weighted by atomic mass is 9.96. The summed E-state index contributed by atoms with van der Waals surface area (Å²) in [7, 11) is -3.43. The summed E-state index contributed by atoms with van der Waals surface area (Å²) in [6, 6.07) is 3.21. The highest BCUT2D eigenvalue weighted by atomic mass is 35.5. The summed E-state index contributed by atoms with van der Waals surface area (Å²) >= 11 is 6.99. The Hall–Kier alpha value is -0.930. The van der Waals surface area contributed by atoms with Crippen LogP contribution < -0.4 is 0 Å². The summed E-state index contributed by atoms with van der Waals surface area (Å²) in [6.07, 6.45) is 4.39. The van der Waals surface area contributed by atoms with E-state index in [9.17, 15) is 8.42 Å². The molecule has 9 heteroatoms. The Bertz CT molecular complexity index is 854. The van der Waals surface area contributed by atoms with Crippen LogP contribution in [0.1, 0.15) is 29.9 Å². The zero-order chi connectivity index (χ0) is 17.4. The largest absolute Gasteiger partial charge is 0.361 e. The van der Waals surface area contributed by atoms with Gasteiger partial charge in [-0.3, -0.25) is 4.90 Å². The minimum absolute atomic E-state index is 0.316. The van der Waals surface area contributed by atoms with Crippen molar-refractivity contribution in [3.8, 4) is 0 Å². The molecule has 0 amide bonds. The SMILES string of the molecule is O=S(=O)(c1ccc(Cl)s1)N1CCN(Cc2noc3c2CCCC3)CC1. The van der Waals surface area contributed by atoms with Gasteiger partial charge in [-0.2, -0.15) is 4.31 Å². The zero-order valence-electron chi connectivity index (χ0n) is 13.8. The van der Waals surface area contributed by atoms with Crippen LogP contribution in [-0.2, 0) is 29.4 Å². The molecule has 0 bridgehead atoms. The molecule has 4 rings (SSSR count). The summed E-state index contributed by atoms with van der Waals surface area (Å²) in [5.41, 5.74) is 2.30. The second kappa shape index (κ2) is 7.00. The highest BCUT2D eigenvalue weighted by molar-refractivity contribution is 7.91. The molecule has 1 fully saturated rings. The quantitative estimate of drug-likeness (QED) is 0.788. The minimum atomic E-state index is -3.43. The molecule has 0 N–H and O–H groups in total. The molecule has 25 heavy (non-hydrogen) atoms. The summed E-state index contributed by atoms with van der Waals surface area (Å²) < 4.78 is 33.1. The first kappa shape index (κ1) is 17.5. The Balaban J connectivity index is 1.39. The highest BCUT2D eigenvalue weighted by Crippen LogP contribution is 2.29. The molecule has 136 valence electrons. The van der Waals surface area contributed by atoms with Crippen LogP contribution in [0, 0.1) is 0 Å². The Labute approximate surface area is 156 Å². The molecular formula is C16H20ClN3O3S2. The van der Waals surface area contributed by atoms with Gasteiger partial charge in [0.05, 0.1) is 4.34 Å². The van der Waals surface area contributed by atoms with Gasteiger partial charge in [0, 0.05) is 44.7 Å². The fourth-order valence-electron chi connectivity index (χ4n) is 3.48. The number of hydrogen-bond acceptors (Lipinski definition) is 6. The van der Waals surface area contributed by atoms with Crippen molar-refractivity contribution >= 4 is 33.0 Å². The van der Waals surface area contributed by atoms with Crippen LogP contribution in [-0.4, -0.2) is 49.0 Å². The fourth-order valence-corrected chi connectivity index (χ4v) is 6.54. The first-order chi connectivity index (χ1) is 12.0. The van der Waals surface area contributed by atoms with E-state index in [-0.39, 0.29) is 0 Å². The molecule has 2 aliphatic rings. The van der Waals surface area contributed by atoms with E-state index in [1.807, 2.05) is 0 Å². The van der Waals surface area contributed by atoms with Crippen LogP contribution in [0.4, 0.5) is 0 Å². The topological polar surface area (TPSA) is 66.7 Å². The smallest absolute Gasteiger partial charge is 0.252 e. The predicted octanol–water partition coefficient (Wildman–Crippen LogP) is 2.77. The molecule has 0 radical (unpaired) electrons. The van der Waals surface area contributed by atoms with Gasteiger partial charge in [0.1, 0.15) is 15.7 Å². The lowest BCUT2D eigenvalue weighted by Gasteiger charge is -2.33. The lowest BCUT2D eigenvalue weighted by Crippen LogP contribution is -2.48. The third-order valence-corrected chi connectivity index (χ3v) is 8.48. The van der Waals surface area contributed by atoms with Crippen molar-refractivity contribution in [1.82, 2.24) is 14.4 Å². The summed E-state index contributed by atoms with van der Waals surface area (Å²) in [4.78, 5) is 2.25. The fraction of sp³-hybridized carbons (Fsp3) is 0.562. The van der Waals surface area contributed by atoms with Gasteiger partial charge in [0.2, 0.25) is 0 Å². The van der Waals surface area contributed by atoms with Crippen LogP contribution in [0.5, 0.6) is 0 Å². The van der Waals surface area contributed by atoms with Gasteiger partial charge in [-0.05, 0) is 31.4 Å². The van der Waals surface area contributed by atoms with Gasteiger partial charge in [-0.15, -0.1) is 11.3 Å². The normalized spacial score (nSPS) is 19.9. The molecule has 2 aromatic rings. The van der Waals surface area contributed by atoms with Crippen LogP contribution >= 0.6 is 22.9 Å².